The fraction of sp³-hybridized carbons (Fsp3) is 0.312. The second-order valence-corrected chi connectivity index (χ2v) is 6.98. The summed E-state index contributed by atoms with van der Waals surface area (Å²) in [6.07, 6.45) is 2.09. The van der Waals surface area contributed by atoms with Gasteiger partial charge in [-0.25, -0.2) is 10.9 Å². The van der Waals surface area contributed by atoms with Gasteiger partial charge in [-0.3, -0.25) is 4.79 Å². The highest BCUT2D eigenvalue weighted by molar-refractivity contribution is 8.23. The number of rotatable bonds is 6. The van der Waals surface area contributed by atoms with Gasteiger partial charge in [0, 0.05) is 12.7 Å². The van der Waals surface area contributed by atoms with Crippen LogP contribution in [0.3, 0.4) is 0 Å². The summed E-state index contributed by atoms with van der Waals surface area (Å²) in [5, 5.41) is 2.16. The lowest BCUT2D eigenvalue weighted by molar-refractivity contribution is -0.140. The first-order valence-electron chi connectivity index (χ1n) is 6.62. The van der Waals surface area contributed by atoms with Crippen molar-refractivity contribution in [1.82, 2.24) is 0 Å². The molecule has 108 valence electrons. The van der Waals surface area contributed by atoms with Gasteiger partial charge in [0.25, 0.3) is 0 Å². The fourth-order valence-electron chi connectivity index (χ4n) is 1.93. The SMILES string of the molecule is CC(=O)OCC[SH]1C=C(OCc2ccccc2)C=C1C. The fourth-order valence-corrected chi connectivity index (χ4v) is 3.65. The van der Waals surface area contributed by atoms with Crippen molar-refractivity contribution in [2.45, 2.75) is 20.5 Å². The summed E-state index contributed by atoms with van der Waals surface area (Å²) in [5.74, 6) is 1.58. The third-order valence-corrected chi connectivity index (χ3v) is 5.24. The average Bonchev–Trinajstić information content (AvgIpc) is 2.78. The molecule has 0 spiro atoms. The van der Waals surface area contributed by atoms with Gasteiger partial charge in [0.15, 0.2) is 0 Å². The van der Waals surface area contributed by atoms with Gasteiger partial charge in [-0.2, -0.15) is 0 Å². The van der Waals surface area contributed by atoms with Crippen molar-refractivity contribution in [3.05, 3.63) is 58.0 Å². The number of hydrogen-bond donors (Lipinski definition) is 1. The smallest absolute Gasteiger partial charge is 0.302 e. The Bertz CT molecular complexity index is 520. The average molecular weight is 292 g/mol. The zero-order valence-corrected chi connectivity index (χ0v) is 12.7. The predicted molar refractivity (Wildman–Crippen MR) is 83.6 cm³/mol. The molecule has 4 heteroatoms. The summed E-state index contributed by atoms with van der Waals surface area (Å²) in [6.45, 7) is 4.61. The second kappa shape index (κ2) is 7.20. The Balaban J connectivity index is 1.82. The van der Waals surface area contributed by atoms with Gasteiger partial charge in [-0.1, -0.05) is 30.3 Å². The molecule has 0 N–H and O–H groups in total. The van der Waals surface area contributed by atoms with Crippen LogP contribution in [0.25, 0.3) is 0 Å². The summed E-state index contributed by atoms with van der Waals surface area (Å²) >= 11 is 0. The molecule has 0 saturated carbocycles. The third kappa shape index (κ3) is 4.46. The van der Waals surface area contributed by atoms with Crippen LogP contribution in [0.15, 0.2) is 52.5 Å². The molecule has 1 aromatic rings. The molecule has 1 heterocycles. The Morgan fingerprint density at radius 1 is 1.25 bits per heavy atom. The molecule has 1 aliphatic heterocycles. The number of thiol groups is 1. The molecule has 0 fully saturated rings. The third-order valence-electron chi connectivity index (χ3n) is 2.97. The van der Waals surface area contributed by atoms with Gasteiger partial charge in [0.05, 0.1) is 6.61 Å². The first-order chi connectivity index (χ1) is 9.65. The number of hydrogen-bond acceptors (Lipinski definition) is 3. The standard InChI is InChI=1S/C16H20O3S/c1-13-10-16(12-20(13)9-8-18-14(2)17)19-11-15-6-4-3-5-7-15/h3-7,10,12,20H,8-9,11H2,1-2H3. The maximum absolute atomic E-state index is 10.8. The van der Waals surface area contributed by atoms with Gasteiger partial charge in [-0.05, 0) is 28.9 Å². The van der Waals surface area contributed by atoms with Crippen LogP contribution in [0, 0.1) is 0 Å². The van der Waals surface area contributed by atoms with E-state index < -0.39 is 0 Å². The van der Waals surface area contributed by atoms with E-state index in [-0.39, 0.29) is 16.9 Å². The van der Waals surface area contributed by atoms with Crippen LogP contribution in [0.4, 0.5) is 0 Å². The van der Waals surface area contributed by atoms with Gasteiger partial charge < -0.3 is 9.47 Å². The van der Waals surface area contributed by atoms with E-state index in [1.807, 2.05) is 18.2 Å². The summed E-state index contributed by atoms with van der Waals surface area (Å²) in [5.41, 5.74) is 1.16. The van der Waals surface area contributed by atoms with Crippen molar-refractivity contribution >= 4 is 16.9 Å². The number of esters is 1. The minimum Gasteiger partial charge on any atom is -0.488 e. The van der Waals surface area contributed by atoms with Crippen LogP contribution < -0.4 is 0 Å². The molecule has 0 amide bonds. The molecule has 0 aliphatic carbocycles. The number of ether oxygens (including phenoxy) is 2. The molecule has 0 bridgehead atoms. The van der Waals surface area contributed by atoms with Crippen molar-refractivity contribution in [2.75, 3.05) is 12.4 Å². The highest BCUT2D eigenvalue weighted by Gasteiger charge is 2.13. The van der Waals surface area contributed by atoms with Crippen LogP contribution in [0.5, 0.6) is 0 Å². The zero-order chi connectivity index (χ0) is 14.4. The molecule has 0 aromatic heterocycles. The quantitative estimate of drug-likeness (QED) is 0.643. The predicted octanol–water partition coefficient (Wildman–Crippen LogP) is 3.53. The van der Waals surface area contributed by atoms with Crippen LogP contribution in [0.2, 0.25) is 0 Å². The maximum Gasteiger partial charge on any atom is 0.302 e. The molecule has 20 heavy (non-hydrogen) atoms. The van der Waals surface area contributed by atoms with E-state index in [1.165, 1.54) is 11.8 Å². The molecular weight excluding hydrogens is 272 g/mol. The van der Waals surface area contributed by atoms with E-state index in [4.69, 9.17) is 9.47 Å². The van der Waals surface area contributed by atoms with E-state index >= 15 is 0 Å². The number of allylic oxidation sites excluding steroid dienone is 2. The Morgan fingerprint density at radius 3 is 2.70 bits per heavy atom. The minimum atomic E-state index is -0.360. The largest absolute Gasteiger partial charge is 0.488 e. The van der Waals surface area contributed by atoms with Gasteiger partial charge in [0.1, 0.15) is 12.4 Å². The minimum absolute atomic E-state index is 0.217. The molecule has 3 nitrogen and oxygen atoms in total. The monoisotopic (exact) mass is 292 g/mol. The Hall–Kier alpha value is -1.68. The van der Waals surface area contributed by atoms with E-state index in [0.29, 0.717) is 13.2 Å². The number of benzene rings is 1. The van der Waals surface area contributed by atoms with Crippen LogP contribution >= 0.6 is 10.9 Å². The highest BCUT2D eigenvalue weighted by Crippen LogP contribution is 2.43. The van der Waals surface area contributed by atoms with Crippen LogP contribution in [0.1, 0.15) is 19.4 Å². The number of carbonyl (C=O) groups is 1. The molecule has 1 aliphatic rings. The normalized spacial score (nSPS) is 19.2. The molecule has 1 atom stereocenters. The molecular formula is C16H20O3S. The zero-order valence-electron chi connectivity index (χ0n) is 11.8. The first kappa shape index (κ1) is 14.7. The van der Waals surface area contributed by atoms with Gasteiger partial charge >= 0.3 is 5.97 Å². The lowest BCUT2D eigenvalue weighted by Crippen LogP contribution is -2.04. The second-order valence-electron chi connectivity index (χ2n) is 4.62. The molecule has 1 unspecified atom stereocenters. The van der Waals surface area contributed by atoms with Crippen molar-refractivity contribution in [3.8, 4) is 0 Å². The summed E-state index contributed by atoms with van der Waals surface area (Å²) in [7, 11) is -0.360. The van der Waals surface area contributed by atoms with Crippen molar-refractivity contribution in [2.24, 2.45) is 0 Å². The van der Waals surface area contributed by atoms with Crippen molar-refractivity contribution in [1.29, 1.82) is 0 Å². The molecule has 0 radical (unpaired) electrons. The lowest BCUT2D eigenvalue weighted by Gasteiger charge is -2.13. The molecule has 0 saturated heterocycles. The molecule has 1 aromatic carbocycles. The summed E-state index contributed by atoms with van der Waals surface area (Å²) < 4.78 is 10.8. The van der Waals surface area contributed by atoms with Gasteiger partial charge in [-0.15, -0.1) is 0 Å². The lowest BCUT2D eigenvalue weighted by atomic mass is 10.2. The number of carbonyl (C=O) groups excluding carboxylic acids is 1. The molecule has 2 rings (SSSR count). The maximum atomic E-state index is 10.8. The first-order valence-corrected chi connectivity index (χ1v) is 8.21. The summed E-state index contributed by atoms with van der Waals surface area (Å²) in [4.78, 5) is 12.1. The van der Waals surface area contributed by atoms with E-state index in [0.717, 1.165) is 17.1 Å². The van der Waals surface area contributed by atoms with E-state index in [9.17, 15) is 4.79 Å². The van der Waals surface area contributed by atoms with Crippen molar-refractivity contribution in [3.63, 3.8) is 0 Å². The summed E-state index contributed by atoms with van der Waals surface area (Å²) in [6, 6.07) is 10.1. The highest BCUT2D eigenvalue weighted by atomic mass is 32.2. The van der Waals surface area contributed by atoms with E-state index in [1.54, 1.807) is 0 Å². The van der Waals surface area contributed by atoms with Crippen LogP contribution in [-0.4, -0.2) is 18.3 Å². The Morgan fingerprint density at radius 2 is 2.00 bits per heavy atom. The Labute approximate surface area is 122 Å². The van der Waals surface area contributed by atoms with Crippen LogP contribution in [-0.2, 0) is 20.9 Å². The van der Waals surface area contributed by atoms with Crippen molar-refractivity contribution < 1.29 is 14.3 Å². The Kier molecular flexibility index (Phi) is 5.30. The topological polar surface area (TPSA) is 35.5 Å². The van der Waals surface area contributed by atoms with E-state index in [2.05, 4.69) is 30.5 Å². The van der Waals surface area contributed by atoms with Gasteiger partial charge in [0.2, 0.25) is 0 Å².